The predicted molar refractivity (Wildman–Crippen MR) is 135 cm³/mol. The van der Waals surface area contributed by atoms with Gasteiger partial charge in [0, 0.05) is 45.5 Å². The first-order valence-electron chi connectivity index (χ1n) is 12.6. The summed E-state index contributed by atoms with van der Waals surface area (Å²) in [5.74, 6) is -1.05. The summed E-state index contributed by atoms with van der Waals surface area (Å²) in [6.45, 7) is 6.80. The van der Waals surface area contributed by atoms with Crippen molar-refractivity contribution in [1.29, 1.82) is 0 Å². The Balaban J connectivity index is 1.53. The topological polar surface area (TPSA) is 127 Å². The molecule has 2 N–H and O–H groups in total. The van der Waals surface area contributed by atoms with Gasteiger partial charge in [-0.25, -0.2) is 9.78 Å². The third-order valence-corrected chi connectivity index (χ3v) is 5.82. The van der Waals surface area contributed by atoms with Crippen LogP contribution in [0.2, 0.25) is 0 Å². The van der Waals surface area contributed by atoms with Crippen molar-refractivity contribution in [1.82, 2.24) is 19.8 Å². The maximum atomic E-state index is 11.3. The standard InChI is InChI=1S/C26H38N4O7/c31-20-24-21-36-14-10-29(19-23-5-3-6-25(28-23)26(32)33)8-12-34-16-17-35-13-9-30(11-15-37-24)18-22-4-1-2-7-27-22/h1-7,24,31H,8-21H2,(H,32,33)/t24-/m0/s1. The molecule has 3 rings (SSSR count). The van der Waals surface area contributed by atoms with Crippen molar-refractivity contribution in [2.75, 3.05) is 79.0 Å². The van der Waals surface area contributed by atoms with Crippen LogP contribution in [0.25, 0.3) is 0 Å². The van der Waals surface area contributed by atoms with Gasteiger partial charge in [-0.15, -0.1) is 0 Å². The normalized spacial score (nSPS) is 20.6. The molecular weight excluding hydrogens is 480 g/mol. The second-order valence-electron chi connectivity index (χ2n) is 8.67. The average molecular weight is 519 g/mol. The van der Waals surface area contributed by atoms with Gasteiger partial charge in [-0.05, 0) is 24.3 Å². The molecule has 0 spiro atoms. The van der Waals surface area contributed by atoms with Crippen LogP contribution >= 0.6 is 0 Å². The minimum absolute atomic E-state index is 0.0186. The molecular formula is C26H38N4O7. The van der Waals surface area contributed by atoms with Crippen LogP contribution in [0.3, 0.4) is 0 Å². The lowest BCUT2D eigenvalue weighted by molar-refractivity contribution is -0.0535. The molecule has 1 aliphatic heterocycles. The van der Waals surface area contributed by atoms with E-state index in [1.165, 1.54) is 6.07 Å². The monoisotopic (exact) mass is 518 g/mol. The number of aliphatic hydroxyl groups is 1. The van der Waals surface area contributed by atoms with Gasteiger partial charge < -0.3 is 29.2 Å². The van der Waals surface area contributed by atoms with E-state index in [4.69, 9.17) is 18.9 Å². The average Bonchev–Trinajstić information content (AvgIpc) is 2.91. The van der Waals surface area contributed by atoms with Gasteiger partial charge in [0.1, 0.15) is 11.8 Å². The molecule has 1 fully saturated rings. The second kappa shape index (κ2) is 17.1. The van der Waals surface area contributed by atoms with Crippen LogP contribution in [-0.4, -0.2) is 121 Å². The second-order valence-corrected chi connectivity index (χ2v) is 8.67. The predicted octanol–water partition coefficient (Wildman–Crippen LogP) is 0.920. The Morgan fingerprint density at radius 2 is 1.49 bits per heavy atom. The van der Waals surface area contributed by atoms with Crippen LogP contribution in [0.1, 0.15) is 21.9 Å². The quantitative estimate of drug-likeness (QED) is 0.567. The largest absolute Gasteiger partial charge is 0.477 e. The Hall–Kier alpha value is -2.51. The molecule has 0 radical (unpaired) electrons. The Morgan fingerprint density at radius 1 is 0.838 bits per heavy atom. The summed E-state index contributed by atoms with van der Waals surface area (Å²) in [5, 5.41) is 19.0. The van der Waals surface area contributed by atoms with Crippen LogP contribution in [0, 0.1) is 0 Å². The Labute approximate surface area is 217 Å². The van der Waals surface area contributed by atoms with Crippen LogP contribution in [0.15, 0.2) is 42.6 Å². The third kappa shape index (κ3) is 11.6. The number of ether oxygens (including phenoxy) is 4. The Morgan fingerprint density at radius 3 is 2.14 bits per heavy atom. The van der Waals surface area contributed by atoms with E-state index in [1.807, 2.05) is 18.2 Å². The zero-order chi connectivity index (χ0) is 26.1. The molecule has 1 atom stereocenters. The number of hydrogen-bond acceptors (Lipinski definition) is 10. The number of nitrogens with zero attached hydrogens (tertiary/aromatic N) is 4. The maximum Gasteiger partial charge on any atom is 0.354 e. The molecule has 37 heavy (non-hydrogen) atoms. The molecule has 0 saturated carbocycles. The number of aromatic carboxylic acids is 1. The van der Waals surface area contributed by atoms with Gasteiger partial charge in [0.05, 0.1) is 64.2 Å². The number of carbonyl (C=O) groups is 1. The minimum Gasteiger partial charge on any atom is -0.477 e. The van der Waals surface area contributed by atoms with E-state index in [0.29, 0.717) is 78.1 Å². The fourth-order valence-electron chi connectivity index (χ4n) is 3.80. The van der Waals surface area contributed by atoms with Crippen molar-refractivity contribution >= 4 is 5.97 Å². The van der Waals surface area contributed by atoms with Crippen LogP contribution in [-0.2, 0) is 32.0 Å². The summed E-state index contributed by atoms with van der Waals surface area (Å²) in [6, 6.07) is 10.8. The van der Waals surface area contributed by atoms with Gasteiger partial charge in [-0.3, -0.25) is 14.8 Å². The van der Waals surface area contributed by atoms with E-state index >= 15 is 0 Å². The molecule has 0 amide bonds. The van der Waals surface area contributed by atoms with E-state index in [2.05, 4.69) is 19.8 Å². The van der Waals surface area contributed by atoms with E-state index in [0.717, 1.165) is 12.2 Å². The highest BCUT2D eigenvalue weighted by molar-refractivity contribution is 5.85. The molecule has 0 aromatic carbocycles. The van der Waals surface area contributed by atoms with Gasteiger partial charge in [-0.1, -0.05) is 12.1 Å². The highest BCUT2D eigenvalue weighted by Gasteiger charge is 2.14. The van der Waals surface area contributed by atoms with Crippen molar-refractivity contribution in [2.45, 2.75) is 19.2 Å². The van der Waals surface area contributed by atoms with Gasteiger partial charge >= 0.3 is 5.97 Å². The smallest absolute Gasteiger partial charge is 0.354 e. The van der Waals surface area contributed by atoms with Crippen LogP contribution in [0.5, 0.6) is 0 Å². The first-order chi connectivity index (χ1) is 18.1. The number of carboxylic acid groups (broad SMARTS) is 1. The van der Waals surface area contributed by atoms with E-state index < -0.39 is 12.1 Å². The third-order valence-electron chi connectivity index (χ3n) is 5.82. The summed E-state index contributed by atoms with van der Waals surface area (Å²) in [4.78, 5) is 24.2. The fraction of sp³-hybridized carbons (Fsp3) is 0.577. The number of hydrogen-bond donors (Lipinski definition) is 2. The molecule has 0 aliphatic carbocycles. The summed E-state index contributed by atoms with van der Waals surface area (Å²) >= 11 is 0. The summed E-state index contributed by atoms with van der Waals surface area (Å²) in [7, 11) is 0. The van der Waals surface area contributed by atoms with Gasteiger partial charge in [-0.2, -0.15) is 0 Å². The molecule has 11 nitrogen and oxygen atoms in total. The first-order valence-corrected chi connectivity index (χ1v) is 12.6. The lowest BCUT2D eigenvalue weighted by atomic mass is 10.3. The van der Waals surface area contributed by atoms with Crippen molar-refractivity contribution in [3.63, 3.8) is 0 Å². The van der Waals surface area contributed by atoms with E-state index in [9.17, 15) is 15.0 Å². The van der Waals surface area contributed by atoms with Crippen molar-refractivity contribution in [3.8, 4) is 0 Å². The van der Waals surface area contributed by atoms with Crippen molar-refractivity contribution in [2.24, 2.45) is 0 Å². The molecule has 0 unspecified atom stereocenters. The molecule has 3 heterocycles. The van der Waals surface area contributed by atoms with Gasteiger partial charge in [0.15, 0.2) is 0 Å². The molecule has 2 aromatic heterocycles. The zero-order valence-electron chi connectivity index (χ0n) is 21.2. The van der Waals surface area contributed by atoms with Gasteiger partial charge in [0.25, 0.3) is 0 Å². The van der Waals surface area contributed by atoms with E-state index in [1.54, 1.807) is 18.3 Å². The first kappa shape index (κ1) is 29.1. The lowest BCUT2D eigenvalue weighted by Gasteiger charge is -2.25. The number of aliphatic hydroxyl groups excluding tert-OH is 1. The summed E-state index contributed by atoms with van der Waals surface area (Å²) < 4.78 is 23.2. The van der Waals surface area contributed by atoms with Crippen LogP contribution < -0.4 is 0 Å². The highest BCUT2D eigenvalue weighted by atomic mass is 16.5. The molecule has 2 aromatic rings. The number of carboxylic acids is 1. The Kier molecular flexibility index (Phi) is 13.4. The lowest BCUT2D eigenvalue weighted by Crippen LogP contribution is -2.35. The van der Waals surface area contributed by atoms with Crippen molar-refractivity contribution in [3.05, 3.63) is 59.7 Å². The maximum absolute atomic E-state index is 11.3. The Bertz CT molecular complexity index is 906. The summed E-state index contributed by atoms with van der Waals surface area (Å²) in [5.41, 5.74) is 1.66. The number of pyridine rings is 2. The summed E-state index contributed by atoms with van der Waals surface area (Å²) in [6.07, 6.45) is 1.36. The molecule has 0 bridgehead atoms. The highest BCUT2D eigenvalue weighted by Crippen LogP contribution is 2.06. The van der Waals surface area contributed by atoms with Crippen molar-refractivity contribution < 1.29 is 34.0 Å². The minimum atomic E-state index is -1.05. The molecule has 1 saturated heterocycles. The van der Waals surface area contributed by atoms with Crippen LogP contribution in [0.4, 0.5) is 0 Å². The SMILES string of the molecule is O=C(O)c1cccc(CN2CCOCCOCCN(Cc3ccccn3)CCO[C@@H](CO)COCC2)n1. The molecule has 11 heteroatoms. The van der Waals surface area contributed by atoms with Gasteiger partial charge in [0.2, 0.25) is 0 Å². The fourth-order valence-corrected chi connectivity index (χ4v) is 3.80. The molecule has 1 aliphatic rings. The number of aromatic nitrogens is 2. The zero-order valence-corrected chi connectivity index (χ0v) is 21.2. The molecule has 204 valence electrons. The van der Waals surface area contributed by atoms with E-state index in [-0.39, 0.29) is 18.9 Å². The number of rotatable bonds is 6.